The number of rotatable bonds is 22. The first-order valence-corrected chi connectivity index (χ1v) is 13.0. The molecule has 0 aromatic heterocycles. The number of hydrogen-bond donors (Lipinski definition) is 0. The molecule has 1 unspecified atom stereocenters. The summed E-state index contributed by atoms with van der Waals surface area (Å²) < 4.78 is 16.1. The minimum absolute atomic E-state index is 0.795. The fourth-order valence-corrected chi connectivity index (χ4v) is 5.06. The van der Waals surface area contributed by atoms with Gasteiger partial charge in [-0.25, -0.2) is 0 Å². The normalized spacial score (nSPS) is 13.2. The molecule has 170 valence electrons. The molecule has 0 aromatic carbocycles. The molecule has 0 rings (SSSR count). The van der Waals surface area contributed by atoms with Crippen LogP contribution in [0.5, 0.6) is 0 Å². The Bertz CT molecular complexity index is 300. The third-order valence-corrected chi connectivity index (χ3v) is 7.14. The predicted molar refractivity (Wildman–Crippen MR) is 125 cm³/mol. The summed E-state index contributed by atoms with van der Waals surface area (Å²) in [7, 11) is 4.94. The van der Waals surface area contributed by atoms with Crippen molar-refractivity contribution in [2.24, 2.45) is 0 Å². The van der Waals surface area contributed by atoms with E-state index in [1.807, 2.05) is 0 Å². The van der Waals surface area contributed by atoms with Crippen molar-refractivity contribution in [1.29, 1.82) is 0 Å². The van der Waals surface area contributed by atoms with Crippen molar-refractivity contribution in [2.45, 2.75) is 128 Å². The van der Waals surface area contributed by atoms with Crippen molar-refractivity contribution in [3.8, 4) is 0 Å². The van der Waals surface area contributed by atoms with Crippen molar-refractivity contribution in [3.05, 3.63) is 0 Å². The van der Waals surface area contributed by atoms with E-state index in [0.717, 1.165) is 18.1 Å². The van der Waals surface area contributed by atoms with E-state index < -0.39 is 5.97 Å². The van der Waals surface area contributed by atoms with Gasteiger partial charge in [-0.05, 0) is 31.4 Å². The third-order valence-electron chi connectivity index (χ3n) is 5.67. The lowest BCUT2D eigenvalue weighted by Crippen LogP contribution is -2.35. The third kappa shape index (κ3) is 15.1. The second-order valence-corrected chi connectivity index (χ2v) is 9.41. The molecule has 0 N–H and O–H groups in total. The van der Waals surface area contributed by atoms with Crippen LogP contribution in [0.25, 0.3) is 0 Å². The standard InChI is InChI=1S/C24H50O3S/c1-6-8-10-11-14-18-22-28-23(19-15-9-7-2)20-16-12-13-17-21-24(25-3,26-4)27-5/h23H,6-22H2,1-5H3. The Morgan fingerprint density at radius 3 is 1.68 bits per heavy atom. The quantitative estimate of drug-likeness (QED) is 0.132. The average molecular weight is 419 g/mol. The molecule has 1 atom stereocenters. The zero-order valence-electron chi connectivity index (χ0n) is 19.7. The monoisotopic (exact) mass is 418 g/mol. The molecule has 0 saturated carbocycles. The number of hydrogen-bond acceptors (Lipinski definition) is 4. The maximum absolute atomic E-state index is 5.37. The molecule has 3 nitrogen and oxygen atoms in total. The fourth-order valence-electron chi connectivity index (χ4n) is 3.69. The SMILES string of the molecule is CCCCCCCCSC(CCCCC)CCCCCCC(OC)(OC)OC. The number of unbranched alkanes of at least 4 members (excludes halogenated alkanes) is 10. The van der Waals surface area contributed by atoms with Gasteiger partial charge in [0.05, 0.1) is 0 Å². The maximum Gasteiger partial charge on any atom is 0.282 e. The van der Waals surface area contributed by atoms with E-state index in [2.05, 4.69) is 25.6 Å². The summed E-state index contributed by atoms with van der Waals surface area (Å²) >= 11 is 2.25. The first kappa shape index (κ1) is 28.2. The lowest BCUT2D eigenvalue weighted by atomic mass is 10.0. The summed E-state index contributed by atoms with van der Waals surface area (Å²) in [5.41, 5.74) is 0. The van der Waals surface area contributed by atoms with Crippen LogP contribution in [0.15, 0.2) is 0 Å². The van der Waals surface area contributed by atoms with Crippen molar-refractivity contribution in [1.82, 2.24) is 0 Å². The van der Waals surface area contributed by atoms with Crippen LogP contribution in [-0.2, 0) is 14.2 Å². The molecule has 0 radical (unpaired) electrons. The van der Waals surface area contributed by atoms with Gasteiger partial charge in [-0.1, -0.05) is 84.5 Å². The minimum atomic E-state index is -0.852. The van der Waals surface area contributed by atoms with E-state index in [-0.39, 0.29) is 0 Å². The molecular formula is C24H50O3S. The van der Waals surface area contributed by atoms with Crippen molar-refractivity contribution >= 4 is 11.8 Å². The van der Waals surface area contributed by atoms with Crippen molar-refractivity contribution < 1.29 is 14.2 Å². The van der Waals surface area contributed by atoms with Gasteiger partial charge < -0.3 is 14.2 Å². The van der Waals surface area contributed by atoms with E-state index in [1.165, 1.54) is 95.6 Å². The topological polar surface area (TPSA) is 27.7 Å². The van der Waals surface area contributed by atoms with Crippen LogP contribution in [-0.4, -0.2) is 38.3 Å². The zero-order chi connectivity index (χ0) is 20.9. The van der Waals surface area contributed by atoms with Crippen LogP contribution in [0.1, 0.15) is 117 Å². The Balaban J connectivity index is 3.91. The Labute approximate surface area is 181 Å². The molecule has 0 aliphatic heterocycles. The molecule has 0 heterocycles. The Kier molecular flexibility index (Phi) is 20.7. The molecule has 28 heavy (non-hydrogen) atoms. The molecule has 0 bridgehead atoms. The molecule has 0 saturated heterocycles. The van der Waals surface area contributed by atoms with Gasteiger partial charge >= 0.3 is 0 Å². The Morgan fingerprint density at radius 2 is 1.07 bits per heavy atom. The molecule has 0 amide bonds. The van der Waals surface area contributed by atoms with Crippen LogP contribution in [0, 0.1) is 0 Å². The summed E-state index contributed by atoms with van der Waals surface area (Å²) in [6, 6.07) is 0. The summed E-state index contributed by atoms with van der Waals surface area (Å²) in [4.78, 5) is 0. The van der Waals surface area contributed by atoms with Gasteiger partial charge in [-0.2, -0.15) is 11.8 Å². The van der Waals surface area contributed by atoms with E-state index >= 15 is 0 Å². The van der Waals surface area contributed by atoms with Crippen LogP contribution in [0.3, 0.4) is 0 Å². The highest BCUT2D eigenvalue weighted by Crippen LogP contribution is 2.26. The van der Waals surface area contributed by atoms with Crippen LogP contribution >= 0.6 is 11.8 Å². The zero-order valence-corrected chi connectivity index (χ0v) is 20.5. The Morgan fingerprint density at radius 1 is 0.607 bits per heavy atom. The van der Waals surface area contributed by atoms with Gasteiger partial charge in [0.2, 0.25) is 0 Å². The van der Waals surface area contributed by atoms with Gasteiger partial charge in [0.1, 0.15) is 0 Å². The van der Waals surface area contributed by atoms with E-state index in [4.69, 9.17) is 14.2 Å². The average Bonchev–Trinajstić information content (AvgIpc) is 2.72. The predicted octanol–water partition coefficient (Wildman–Crippen LogP) is 7.96. The van der Waals surface area contributed by atoms with Crippen molar-refractivity contribution in [2.75, 3.05) is 27.1 Å². The first-order valence-electron chi connectivity index (χ1n) is 11.9. The molecule has 0 aromatic rings. The van der Waals surface area contributed by atoms with Gasteiger partial charge in [0, 0.05) is 33.0 Å². The highest BCUT2D eigenvalue weighted by Gasteiger charge is 2.28. The largest absolute Gasteiger partial charge is 0.331 e. The molecular weight excluding hydrogens is 368 g/mol. The number of ether oxygens (including phenoxy) is 3. The second-order valence-electron chi connectivity index (χ2n) is 8.00. The number of methoxy groups -OCH3 is 3. The smallest absolute Gasteiger partial charge is 0.282 e. The lowest BCUT2D eigenvalue weighted by molar-refractivity contribution is -0.355. The molecule has 0 spiro atoms. The molecule has 0 aliphatic carbocycles. The van der Waals surface area contributed by atoms with E-state index in [9.17, 15) is 0 Å². The highest BCUT2D eigenvalue weighted by molar-refractivity contribution is 7.99. The fraction of sp³-hybridized carbons (Fsp3) is 1.00. The van der Waals surface area contributed by atoms with Gasteiger partial charge in [-0.3, -0.25) is 0 Å². The van der Waals surface area contributed by atoms with Crippen LogP contribution < -0.4 is 0 Å². The van der Waals surface area contributed by atoms with Crippen molar-refractivity contribution in [3.63, 3.8) is 0 Å². The summed E-state index contributed by atoms with van der Waals surface area (Å²) in [5.74, 6) is 0.511. The summed E-state index contributed by atoms with van der Waals surface area (Å²) in [6.45, 7) is 4.60. The van der Waals surface area contributed by atoms with E-state index in [1.54, 1.807) is 21.3 Å². The second kappa shape index (κ2) is 20.5. The Hall–Kier alpha value is 0.230. The molecule has 0 aliphatic rings. The van der Waals surface area contributed by atoms with Crippen LogP contribution in [0.4, 0.5) is 0 Å². The van der Waals surface area contributed by atoms with E-state index in [0.29, 0.717) is 0 Å². The van der Waals surface area contributed by atoms with Gasteiger partial charge in [0.15, 0.2) is 0 Å². The van der Waals surface area contributed by atoms with Gasteiger partial charge in [0.25, 0.3) is 5.97 Å². The minimum Gasteiger partial charge on any atom is -0.331 e. The molecule has 0 fully saturated rings. The maximum atomic E-state index is 5.37. The molecule has 4 heteroatoms. The first-order chi connectivity index (χ1) is 13.7. The highest BCUT2D eigenvalue weighted by atomic mass is 32.2. The summed E-state index contributed by atoms with van der Waals surface area (Å²) in [5, 5.41) is 0.873. The summed E-state index contributed by atoms with van der Waals surface area (Å²) in [6.07, 6.45) is 21.1. The lowest BCUT2D eigenvalue weighted by Gasteiger charge is -2.28. The van der Waals surface area contributed by atoms with Crippen LogP contribution in [0.2, 0.25) is 0 Å². The number of thioether (sulfide) groups is 1. The van der Waals surface area contributed by atoms with Gasteiger partial charge in [-0.15, -0.1) is 0 Å².